The number of nitrogens with one attached hydrogen (secondary N) is 1. The van der Waals surface area contributed by atoms with Crippen molar-refractivity contribution in [2.75, 3.05) is 13.1 Å². The number of aromatic nitrogens is 1. The summed E-state index contributed by atoms with van der Waals surface area (Å²) < 4.78 is 13.3. The molecule has 0 bridgehead atoms. The van der Waals surface area contributed by atoms with Crippen molar-refractivity contribution < 1.29 is 4.39 Å². The van der Waals surface area contributed by atoms with Gasteiger partial charge in [0, 0.05) is 37.9 Å². The van der Waals surface area contributed by atoms with Crippen molar-refractivity contribution in [2.45, 2.75) is 53.2 Å². The van der Waals surface area contributed by atoms with E-state index in [4.69, 9.17) is 0 Å². The highest BCUT2D eigenvalue weighted by Crippen LogP contribution is 2.26. The van der Waals surface area contributed by atoms with Crippen LogP contribution in [0.15, 0.2) is 18.5 Å². The summed E-state index contributed by atoms with van der Waals surface area (Å²) in [5.74, 6) is 0.316. The van der Waals surface area contributed by atoms with Crippen LogP contribution in [0.2, 0.25) is 0 Å². The summed E-state index contributed by atoms with van der Waals surface area (Å²) in [4.78, 5) is 6.45. The lowest BCUT2D eigenvalue weighted by Gasteiger charge is -2.46. The third-order valence-electron chi connectivity index (χ3n) is 4.42. The van der Waals surface area contributed by atoms with Crippen molar-refractivity contribution >= 4 is 0 Å². The second-order valence-electron chi connectivity index (χ2n) is 7.58. The Hall–Kier alpha value is -1.00. The van der Waals surface area contributed by atoms with Crippen molar-refractivity contribution in [3.8, 4) is 0 Å². The molecule has 0 spiro atoms. The molecule has 0 radical (unpaired) electrons. The minimum atomic E-state index is -0.254. The van der Waals surface area contributed by atoms with Crippen LogP contribution in [0.5, 0.6) is 0 Å². The molecule has 4 heteroatoms. The molecule has 2 unspecified atom stereocenters. The highest BCUT2D eigenvalue weighted by Gasteiger charge is 2.35. The Labute approximate surface area is 127 Å². The largest absolute Gasteiger partial charge is 0.311 e. The van der Waals surface area contributed by atoms with E-state index in [0.717, 1.165) is 25.2 Å². The summed E-state index contributed by atoms with van der Waals surface area (Å²) in [6, 6.07) is 2.53. The minimum Gasteiger partial charge on any atom is -0.311 e. The Morgan fingerprint density at radius 3 is 2.67 bits per heavy atom. The number of pyridine rings is 1. The Morgan fingerprint density at radius 1 is 1.38 bits per heavy atom. The van der Waals surface area contributed by atoms with Crippen molar-refractivity contribution in [1.29, 1.82) is 0 Å². The monoisotopic (exact) mass is 293 g/mol. The summed E-state index contributed by atoms with van der Waals surface area (Å²) in [6.45, 7) is 14.0. The van der Waals surface area contributed by atoms with Gasteiger partial charge in [0.05, 0.1) is 6.20 Å². The van der Waals surface area contributed by atoms with Crippen LogP contribution in [-0.2, 0) is 6.54 Å². The topological polar surface area (TPSA) is 28.2 Å². The fraction of sp³-hybridized carbons (Fsp3) is 0.706. The predicted octanol–water partition coefficient (Wildman–Crippen LogP) is 3.07. The van der Waals surface area contributed by atoms with E-state index in [9.17, 15) is 4.39 Å². The van der Waals surface area contributed by atoms with E-state index in [2.05, 4.69) is 49.8 Å². The second kappa shape index (κ2) is 6.41. The van der Waals surface area contributed by atoms with E-state index in [-0.39, 0.29) is 11.2 Å². The van der Waals surface area contributed by atoms with Gasteiger partial charge >= 0.3 is 0 Å². The molecule has 1 aromatic rings. The highest BCUT2D eigenvalue weighted by atomic mass is 19.1. The summed E-state index contributed by atoms with van der Waals surface area (Å²) in [7, 11) is 0. The van der Waals surface area contributed by atoms with Crippen LogP contribution in [-0.4, -0.2) is 35.1 Å². The first-order chi connectivity index (χ1) is 9.77. The van der Waals surface area contributed by atoms with E-state index in [0.29, 0.717) is 18.0 Å². The average molecular weight is 293 g/mol. The number of nitrogens with zero attached hydrogens (tertiary/aromatic N) is 2. The fourth-order valence-corrected chi connectivity index (χ4v) is 3.02. The molecule has 1 aliphatic rings. The fourth-order valence-electron chi connectivity index (χ4n) is 3.02. The molecule has 1 fully saturated rings. The van der Waals surface area contributed by atoms with Gasteiger partial charge in [-0.1, -0.05) is 34.6 Å². The standard InChI is InChI=1S/C17H28FN3/c1-12(2)15-9-20-16(17(3,4)5)11-21(15)10-13-6-14(18)8-19-7-13/h6-8,12,15-16,20H,9-11H2,1-5H3. The van der Waals surface area contributed by atoms with E-state index in [1.807, 2.05) is 0 Å². The van der Waals surface area contributed by atoms with Crippen LogP contribution >= 0.6 is 0 Å². The van der Waals surface area contributed by atoms with Crippen molar-refractivity contribution in [2.24, 2.45) is 11.3 Å². The molecule has 0 aliphatic carbocycles. The zero-order valence-electron chi connectivity index (χ0n) is 13.9. The maximum atomic E-state index is 13.3. The highest BCUT2D eigenvalue weighted by molar-refractivity contribution is 5.11. The molecule has 0 aromatic carbocycles. The van der Waals surface area contributed by atoms with Crippen LogP contribution in [0, 0.1) is 17.2 Å². The van der Waals surface area contributed by atoms with E-state index in [1.54, 1.807) is 12.3 Å². The van der Waals surface area contributed by atoms with E-state index < -0.39 is 0 Å². The van der Waals surface area contributed by atoms with Gasteiger partial charge in [-0.2, -0.15) is 0 Å². The molecule has 21 heavy (non-hydrogen) atoms. The quantitative estimate of drug-likeness (QED) is 0.928. The molecule has 2 atom stereocenters. The zero-order valence-corrected chi connectivity index (χ0v) is 13.9. The minimum absolute atomic E-state index is 0.223. The smallest absolute Gasteiger partial charge is 0.141 e. The number of halogens is 1. The molecule has 1 aliphatic heterocycles. The van der Waals surface area contributed by atoms with Crippen molar-refractivity contribution in [3.05, 3.63) is 29.8 Å². The molecule has 1 N–H and O–H groups in total. The van der Waals surface area contributed by atoms with Crippen molar-refractivity contribution in [1.82, 2.24) is 15.2 Å². The third kappa shape index (κ3) is 4.24. The lowest BCUT2D eigenvalue weighted by Crippen LogP contribution is -2.61. The second-order valence-corrected chi connectivity index (χ2v) is 7.58. The van der Waals surface area contributed by atoms with Gasteiger partial charge in [-0.15, -0.1) is 0 Å². The summed E-state index contributed by atoms with van der Waals surface area (Å²) in [5, 5.41) is 3.69. The summed E-state index contributed by atoms with van der Waals surface area (Å²) in [5.41, 5.74) is 1.18. The Morgan fingerprint density at radius 2 is 2.10 bits per heavy atom. The van der Waals surface area contributed by atoms with Gasteiger partial charge in [0.1, 0.15) is 5.82 Å². The maximum Gasteiger partial charge on any atom is 0.141 e. The van der Waals surface area contributed by atoms with Gasteiger partial charge in [-0.05, 0) is 23.0 Å². The number of hydrogen-bond donors (Lipinski definition) is 1. The van der Waals surface area contributed by atoms with Gasteiger partial charge in [-0.3, -0.25) is 9.88 Å². The average Bonchev–Trinajstić information content (AvgIpc) is 2.37. The van der Waals surface area contributed by atoms with E-state index >= 15 is 0 Å². The van der Waals surface area contributed by atoms with Crippen LogP contribution < -0.4 is 5.32 Å². The molecule has 0 amide bonds. The van der Waals surface area contributed by atoms with Crippen molar-refractivity contribution in [3.63, 3.8) is 0 Å². The lowest BCUT2D eigenvalue weighted by molar-refractivity contribution is 0.0571. The molecular weight excluding hydrogens is 265 g/mol. The van der Waals surface area contributed by atoms with Crippen LogP contribution in [0.4, 0.5) is 4.39 Å². The number of piperazine rings is 1. The molecule has 2 rings (SSSR count). The van der Waals surface area contributed by atoms with Crippen LogP contribution in [0.25, 0.3) is 0 Å². The molecule has 118 valence electrons. The van der Waals surface area contributed by atoms with Gasteiger partial charge in [0.2, 0.25) is 0 Å². The first-order valence-corrected chi connectivity index (χ1v) is 7.84. The number of rotatable bonds is 3. The van der Waals surface area contributed by atoms with Gasteiger partial charge in [-0.25, -0.2) is 4.39 Å². The third-order valence-corrected chi connectivity index (χ3v) is 4.42. The number of hydrogen-bond acceptors (Lipinski definition) is 3. The van der Waals surface area contributed by atoms with Crippen LogP contribution in [0.3, 0.4) is 0 Å². The Balaban J connectivity index is 2.14. The predicted molar refractivity (Wildman–Crippen MR) is 84.5 cm³/mol. The molecule has 2 heterocycles. The molecular formula is C17H28FN3. The molecule has 1 saturated heterocycles. The molecule has 3 nitrogen and oxygen atoms in total. The van der Waals surface area contributed by atoms with Gasteiger partial charge in [0.25, 0.3) is 0 Å². The lowest BCUT2D eigenvalue weighted by atomic mass is 9.83. The van der Waals surface area contributed by atoms with Gasteiger partial charge < -0.3 is 5.32 Å². The summed E-state index contributed by atoms with van der Waals surface area (Å²) in [6.07, 6.45) is 3.04. The molecule has 0 saturated carbocycles. The SMILES string of the molecule is CC(C)C1CNC(C(C)(C)C)CN1Cc1cncc(F)c1. The maximum absolute atomic E-state index is 13.3. The van der Waals surface area contributed by atoms with Crippen LogP contribution in [0.1, 0.15) is 40.2 Å². The van der Waals surface area contributed by atoms with E-state index in [1.165, 1.54) is 6.20 Å². The first-order valence-electron chi connectivity index (χ1n) is 7.84. The Bertz CT molecular complexity index is 467. The zero-order chi connectivity index (χ0) is 15.6. The normalized spacial score (nSPS) is 24.5. The molecule has 1 aromatic heterocycles. The Kier molecular flexibility index (Phi) is 4.99. The van der Waals surface area contributed by atoms with Gasteiger partial charge in [0.15, 0.2) is 0 Å². The first kappa shape index (κ1) is 16.4. The summed E-state index contributed by atoms with van der Waals surface area (Å²) >= 11 is 0.